The van der Waals surface area contributed by atoms with Crippen molar-refractivity contribution in [2.75, 3.05) is 0 Å². The van der Waals surface area contributed by atoms with Crippen LogP contribution in [0.25, 0.3) is 0 Å². The largest absolute Gasteiger partial charge is 0.466 e. The van der Waals surface area contributed by atoms with Crippen molar-refractivity contribution in [2.24, 2.45) is 4.99 Å². The smallest absolute Gasteiger partial charge is 0.338 e. The molecule has 136 valence electrons. The molecule has 0 fully saturated rings. The number of rotatable bonds is 3. The van der Waals surface area contributed by atoms with Gasteiger partial charge < -0.3 is 9.47 Å². The van der Waals surface area contributed by atoms with Crippen LogP contribution in [0.2, 0.25) is 0 Å². The number of benzene rings is 1. The summed E-state index contributed by atoms with van der Waals surface area (Å²) in [7, 11) is 0. The van der Waals surface area contributed by atoms with Gasteiger partial charge in [0.15, 0.2) is 5.72 Å². The average Bonchev–Trinajstić information content (AvgIpc) is 2.60. The van der Waals surface area contributed by atoms with Gasteiger partial charge in [-0.05, 0) is 32.0 Å². The number of aliphatic imine (C=N–C) groups is 1. The van der Waals surface area contributed by atoms with Crippen molar-refractivity contribution in [2.45, 2.75) is 19.6 Å². The molecular weight excluding hydrogens is 358 g/mol. The minimum Gasteiger partial charge on any atom is -0.466 e. The van der Waals surface area contributed by atoms with Gasteiger partial charge in [0.25, 0.3) is 5.69 Å². The first-order valence-corrected chi connectivity index (χ1v) is 7.50. The van der Waals surface area contributed by atoms with E-state index < -0.39 is 32.8 Å². The van der Waals surface area contributed by atoms with Gasteiger partial charge in [0.05, 0.1) is 27.0 Å². The van der Waals surface area contributed by atoms with Crippen LogP contribution in [-0.4, -0.2) is 26.5 Å². The molecule has 0 radical (unpaired) electrons. The van der Waals surface area contributed by atoms with Crippen LogP contribution in [0.3, 0.4) is 0 Å². The van der Waals surface area contributed by atoms with Crippen molar-refractivity contribution in [3.8, 4) is 17.7 Å². The van der Waals surface area contributed by atoms with Crippen molar-refractivity contribution < 1.29 is 19.3 Å². The molecule has 27 heavy (non-hydrogen) atoms. The number of nitro groups is 2. The molecule has 0 saturated heterocycles. The molecule has 1 aromatic carbocycles. The van der Waals surface area contributed by atoms with Crippen LogP contribution in [0.4, 0.5) is 11.4 Å². The number of nitrogens with zero attached hydrogens (tertiary/aromatic N) is 5. The first-order chi connectivity index (χ1) is 12.7. The quantitative estimate of drug-likeness (QED) is 0.591. The molecule has 0 N–H and O–H groups in total. The number of hydrogen-bond acceptors (Lipinski definition) is 9. The van der Waals surface area contributed by atoms with E-state index in [0.29, 0.717) is 16.9 Å². The summed E-state index contributed by atoms with van der Waals surface area (Å²) in [6.45, 7) is 3.30. The lowest BCUT2D eigenvalue weighted by atomic mass is 10.1. The summed E-state index contributed by atoms with van der Waals surface area (Å²) in [5.41, 5.74) is -1.65. The molecular formula is C16H11N5O6. The van der Waals surface area contributed by atoms with Gasteiger partial charge in [-0.25, -0.2) is 9.98 Å². The summed E-state index contributed by atoms with van der Waals surface area (Å²) >= 11 is 0. The molecule has 3 rings (SSSR count). The van der Waals surface area contributed by atoms with Gasteiger partial charge in [-0.2, -0.15) is 5.26 Å². The van der Waals surface area contributed by atoms with Crippen LogP contribution in [-0.2, 0) is 0 Å². The molecule has 2 heterocycles. The molecule has 11 nitrogen and oxygen atoms in total. The number of fused-ring (bicyclic) bond motifs is 1. The third-order valence-electron chi connectivity index (χ3n) is 3.49. The molecule has 1 aliphatic heterocycles. The van der Waals surface area contributed by atoms with E-state index in [1.165, 1.54) is 6.07 Å². The highest BCUT2D eigenvalue weighted by molar-refractivity contribution is 5.99. The van der Waals surface area contributed by atoms with Crippen molar-refractivity contribution in [1.29, 1.82) is 5.26 Å². The van der Waals surface area contributed by atoms with Gasteiger partial charge in [0.1, 0.15) is 18.0 Å². The Bertz CT molecular complexity index is 1040. The van der Waals surface area contributed by atoms with Crippen molar-refractivity contribution in [3.05, 3.63) is 61.8 Å². The molecule has 0 unspecified atom stereocenters. The fraction of sp³-hybridized carbons (Fsp3) is 0.188. The summed E-state index contributed by atoms with van der Waals surface area (Å²) in [4.78, 5) is 28.4. The fourth-order valence-corrected chi connectivity index (χ4v) is 2.36. The number of pyridine rings is 1. The lowest BCUT2D eigenvalue weighted by molar-refractivity contribution is -0.395. The van der Waals surface area contributed by atoms with Crippen LogP contribution in [0.15, 0.2) is 35.5 Å². The monoisotopic (exact) mass is 369 g/mol. The van der Waals surface area contributed by atoms with E-state index in [0.717, 1.165) is 12.3 Å². The highest BCUT2D eigenvalue weighted by Gasteiger charge is 2.32. The maximum absolute atomic E-state index is 11.3. The number of hydrogen-bond donors (Lipinski definition) is 0. The van der Waals surface area contributed by atoms with E-state index >= 15 is 0 Å². The third-order valence-corrected chi connectivity index (χ3v) is 3.49. The van der Waals surface area contributed by atoms with Crippen molar-refractivity contribution in [1.82, 2.24) is 4.98 Å². The molecule has 0 bridgehead atoms. The lowest BCUT2D eigenvalue weighted by Crippen LogP contribution is -2.34. The molecule has 1 aliphatic rings. The average molecular weight is 369 g/mol. The van der Waals surface area contributed by atoms with Crippen LogP contribution in [0.5, 0.6) is 11.6 Å². The van der Waals surface area contributed by atoms with Gasteiger partial charge in [-0.15, -0.1) is 0 Å². The zero-order valence-corrected chi connectivity index (χ0v) is 14.1. The Morgan fingerprint density at radius 2 is 1.96 bits per heavy atom. The predicted octanol–water partition coefficient (Wildman–Crippen LogP) is 2.72. The SMILES string of the molecule is CC1(C)N=C(Oc2ncc([N+](=O)[O-])cc2[N+](=O)[O-])c2cc(C#N)ccc2O1. The minimum atomic E-state index is -1.04. The Hall–Kier alpha value is -4.07. The van der Waals surface area contributed by atoms with E-state index in [-0.39, 0.29) is 5.90 Å². The summed E-state index contributed by atoms with van der Waals surface area (Å²) in [6, 6.07) is 7.28. The fourth-order valence-electron chi connectivity index (χ4n) is 2.36. The summed E-state index contributed by atoms with van der Waals surface area (Å²) < 4.78 is 11.2. The Balaban J connectivity index is 2.10. The molecule has 0 spiro atoms. The molecule has 11 heteroatoms. The Morgan fingerprint density at radius 3 is 2.59 bits per heavy atom. The van der Waals surface area contributed by atoms with Crippen LogP contribution in [0, 0.1) is 31.6 Å². The molecule has 0 saturated carbocycles. The maximum atomic E-state index is 11.3. The second kappa shape index (κ2) is 6.34. The molecule has 1 aromatic heterocycles. The Kier molecular flexibility index (Phi) is 4.17. The van der Waals surface area contributed by atoms with Gasteiger partial charge in [-0.1, -0.05) is 0 Å². The van der Waals surface area contributed by atoms with Gasteiger partial charge >= 0.3 is 11.6 Å². The van der Waals surface area contributed by atoms with Gasteiger partial charge in [0, 0.05) is 0 Å². The van der Waals surface area contributed by atoms with Crippen LogP contribution < -0.4 is 9.47 Å². The lowest BCUT2D eigenvalue weighted by Gasteiger charge is -2.29. The Morgan fingerprint density at radius 1 is 1.22 bits per heavy atom. The summed E-state index contributed by atoms with van der Waals surface area (Å²) in [6.07, 6.45) is 0.847. The van der Waals surface area contributed by atoms with Gasteiger partial charge in [-0.3, -0.25) is 20.2 Å². The normalized spacial score (nSPS) is 14.2. The number of nitriles is 1. The predicted molar refractivity (Wildman–Crippen MR) is 90.6 cm³/mol. The van der Waals surface area contributed by atoms with Gasteiger partial charge in [0.2, 0.25) is 5.90 Å². The first kappa shape index (κ1) is 17.7. The molecule has 2 aromatic rings. The van der Waals surface area contributed by atoms with Crippen molar-refractivity contribution in [3.63, 3.8) is 0 Å². The highest BCUT2D eigenvalue weighted by atomic mass is 16.6. The molecule has 0 aliphatic carbocycles. The zero-order chi connectivity index (χ0) is 19.8. The minimum absolute atomic E-state index is 0.0530. The number of ether oxygens (including phenoxy) is 2. The molecule has 0 amide bonds. The topological polar surface area (TPSA) is 154 Å². The third kappa shape index (κ3) is 3.49. The number of aromatic nitrogens is 1. The van der Waals surface area contributed by atoms with E-state index in [1.54, 1.807) is 26.0 Å². The standard InChI is InChI=1S/C16H11N5O6/c1-16(2)19-14(11-5-9(7-17)3-4-13(11)27-16)26-15-12(21(24)25)6-10(8-18-15)20(22)23/h3-6,8H,1-2H3. The van der Waals surface area contributed by atoms with Crippen molar-refractivity contribution >= 4 is 17.3 Å². The van der Waals surface area contributed by atoms with E-state index in [2.05, 4.69) is 9.98 Å². The summed E-state index contributed by atoms with van der Waals surface area (Å²) in [5.74, 6) is -0.147. The van der Waals surface area contributed by atoms with Crippen LogP contribution in [0.1, 0.15) is 25.0 Å². The van der Waals surface area contributed by atoms with E-state index in [9.17, 15) is 20.2 Å². The highest BCUT2D eigenvalue weighted by Crippen LogP contribution is 2.34. The van der Waals surface area contributed by atoms with E-state index in [4.69, 9.17) is 14.7 Å². The zero-order valence-electron chi connectivity index (χ0n) is 14.1. The van der Waals surface area contributed by atoms with Crippen LogP contribution >= 0.6 is 0 Å². The maximum Gasteiger partial charge on any atom is 0.338 e. The summed E-state index contributed by atoms with van der Waals surface area (Å²) in [5, 5.41) is 31.2. The Labute approximate surface area is 151 Å². The molecule has 0 atom stereocenters. The second-order valence-corrected chi connectivity index (χ2v) is 5.92. The van der Waals surface area contributed by atoms with E-state index in [1.807, 2.05) is 6.07 Å². The first-order valence-electron chi connectivity index (χ1n) is 7.50. The second-order valence-electron chi connectivity index (χ2n) is 5.92.